The maximum Gasteiger partial charge on any atom is 0.105 e. The SMILES string of the molecule is C[C@H](CCCC(C)(C)O)[C@H]1CC[C@H]2C(/C=C\C3=CC(=C\CO)/[C@@H](O)[C@H](O)C3)=CCC[C@]12C. The number of aliphatic hydroxyl groups excluding tert-OH is 3. The number of aliphatic hydroxyl groups is 4. The minimum atomic E-state index is -0.926. The average Bonchev–Trinajstić information content (AvgIpc) is 3.06. The lowest BCUT2D eigenvalue weighted by Crippen LogP contribution is -2.35. The van der Waals surface area contributed by atoms with E-state index in [4.69, 9.17) is 0 Å². The molecule has 32 heavy (non-hydrogen) atoms. The normalized spacial score (nSPS) is 35.7. The third-order valence-corrected chi connectivity index (χ3v) is 8.33. The molecule has 0 aromatic rings. The molecule has 1 fully saturated rings. The molecule has 4 N–H and O–H groups in total. The predicted octanol–water partition coefficient (Wildman–Crippen LogP) is 4.84. The third kappa shape index (κ3) is 5.83. The Balaban J connectivity index is 1.69. The topological polar surface area (TPSA) is 80.9 Å². The summed E-state index contributed by atoms with van der Waals surface area (Å²) in [6, 6.07) is 0. The first-order valence-corrected chi connectivity index (χ1v) is 12.5. The molecule has 0 aromatic heterocycles. The van der Waals surface area contributed by atoms with E-state index in [1.54, 1.807) is 6.08 Å². The second-order valence-corrected chi connectivity index (χ2v) is 11.3. The number of allylic oxidation sites excluding steroid dienone is 4. The van der Waals surface area contributed by atoms with Crippen molar-refractivity contribution in [2.45, 2.75) is 96.9 Å². The molecule has 0 amide bonds. The summed E-state index contributed by atoms with van der Waals surface area (Å²) in [7, 11) is 0. The first-order chi connectivity index (χ1) is 15.0. The number of rotatable bonds is 8. The molecule has 3 aliphatic rings. The second-order valence-electron chi connectivity index (χ2n) is 11.3. The van der Waals surface area contributed by atoms with Crippen LogP contribution in [0.4, 0.5) is 0 Å². The molecule has 0 heterocycles. The third-order valence-electron chi connectivity index (χ3n) is 8.33. The van der Waals surface area contributed by atoms with E-state index in [1.807, 2.05) is 19.9 Å². The molecule has 0 bridgehead atoms. The molecule has 0 spiro atoms. The van der Waals surface area contributed by atoms with E-state index in [0.717, 1.165) is 30.8 Å². The molecular formula is C28H44O4. The van der Waals surface area contributed by atoms with Gasteiger partial charge < -0.3 is 20.4 Å². The minimum absolute atomic E-state index is 0.145. The van der Waals surface area contributed by atoms with E-state index in [-0.39, 0.29) is 6.61 Å². The van der Waals surface area contributed by atoms with Crippen LogP contribution in [0.25, 0.3) is 0 Å². The molecule has 0 radical (unpaired) electrons. The fourth-order valence-corrected chi connectivity index (χ4v) is 6.58. The quantitative estimate of drug-likeness (QED) is 0.432. The Kier molecular flexibility index (Phi) is 8.25. The molecule has 0 aromatic carbocycles. The van der Waals surface area contributed by atoms with Gasteiger partial charge in [0.15, 0.2) is 0 Å². The van der Waals surface area contributed by atoms with Gasteiger partial charge in [-0.25, -0.2) is 0 Å². The first kappa shape index (κ1) is 25.4. The summed E-state index contributed by atoms with van der Waals surface area (Å²) in [5.41, 5.74) is 2.75. The van der Waals surface area contributed by atoms with E-state index in [0.29, 0.717) is 29.2 Å². The van der Waals surface area contributed by atoms with Crippen molar-refractivity contribution < 1.29 is 20.4 Å². The Hall–Kier alpha value is -1.20. The van der Waals surface area contributed by atoms with Crippen LogP contribution in [0.15, 0.2) is 47.1 Å². The zero-order valence-electron chi connectivity index (χ0n) is 20.4. The van der Waals surface area contributed by atoms with Gasteiger partial charge in [0.2, 0.25) is 0 Å². The van der Waals surface area contributed by atoms with Crippen LogP contribution in [0.5, 0.6) is 0 Å². The lowest BCUT2D eigenvalue weighted by atomic mass is 9.62. The fraction of sp³-hybridized carbons (Fsp3) is 0.714. The average molecular weight is 445 g/mol. The number of hydrogen-bond donors (Lipinski definition) is 4. The van der Waals surface area contributed by atoms with Crippen molar-refractivity contribution in [2.24, 2.45) is 23.2 Å². The maximum atomic E-state index is 10.2. The summed E-state index contributed by atoms with van der Waals surface area (Å²) < 4.78 is 0. The zero-order valence-corrected chi connectivity index (χ0v) is 20.4. The van der Waals surface area contributed by atoms with Crippen molar-refractivity contribution in [3.63, 3.8) is 0 Å². The van der Waals surface area contributed by atoms with Crippen molar-refractivity contribution >= 4 is 0 Å². The van der Waals surface area contributed by atoms with Gasteiger partial charge in [0.05, 0.1) is 18.3 Å². The van der Waals surface area contributed by atoms with Gasteiger partial charge in [-0.2, -0.15) is 0 Å². The van der Waals surface area contributed by atoms with Crippen LogP contribution in [0.1, 0.15) is 79.1 Å². The van der Waals surface area contributed by atoms with Crippen LogP contribution in [-0.4, -0.2) is 44.8 Å². The summed E-state index contributed by atoms with van der Waals surface area (Å²) >= 11 is 0. The Bertz CT molecular complexity index is 769. The molecule has 0 unspecified atom stereocenters. The number of fused-ring (bicyclic) bond motifs is 1. The zero-order chi connectivity index (χ0) is 23.5. The molecule has 180 valence electrons. The van der Waals surface area contributed by atoms with Crippen LogP contribution in [-0.2, 0) is 0 Å². The van der Waals surface area contributed by atoms with Crippen LogP contribution < -0.4 is 0 Å². The van der Waals surface area contributed by atoms with E-state index < -0.39 is 17.8 Å². The van der Waals surface area contributed by atoms with Gasteiger partial charge in [0.25, 0.3) is 0 Å². The summed E-state index contributed by atoms with van der Waals surface area (Å²) in [5.74, 6) is 1.96. The van der Waals surface area contributed by atoms with Crippen molar-refractivity contribution in [3.8, 4) is 0 Å². The van der Waals surface area contributed by atoms with Crippen molar-refractivity contribution in [3.05, 3.63) is 47.1 Å². The predicted molar refractivity (Wildman–Crippen MR) is 130 cm³/mol. The van der Waals surface area contributed by atoms with Crippen molar-refractivity contribution in [1.29, 1.82) is 0 Å². The molecule has 4 heteroatoms. The van der Waals surface area contributed by atoms with Crippen LogP contribution >= 0.6 is 0 Å². The van der Waals surface area contributed by atoms with Crippen LogP contribution in [0, 0.1) is 23.2 Å². The van der Waals surface area contributed by atoms with E-state index >= 15 is 0 Å². The standard InChI is InChI=1S/C28H44O4/c1-19(7-5-14-27(2,3)32)23-11-12-24-21(8-6-15-28(23,24)4)10-9-20-17-22(13-16-29)26(31)25(30)18-20/h8-10,13,17,19,23-26,29-32H,5-7,11-12,14-16,18H2,1-4H3/b10-9-,22-13+/t19-,23-,24+,25-,26-,28-/m1/s1. The van der Waals surface area contributed by atoms with E-state index in [9.17, 15) is 20.4 Å². The van der Waals surface area contributed by atoms with Gasteiger partial charge in [-0.05, 0) is 85.8 Å². The van der Waals surface area contributed by atoms with Crippen molar-refractivity contribution in [2.75, 3.05) is 6.61 Å². The monoisotopic (exact) mass is 444 g/mol. The molecule has 0 saturated heterocycles. The Morgan fingerprint density at radius 1 is 1.22 bits per heavy atom. The molecular weight excluding hydrogens is 400 g/mol. The fourth-order valence-electron chi connectivity index (χ4n) is 6.58. The lowest BCUT2D eigenvalue weighted by Gasteiger charge is -2.43. The molecule has 1 saturated carbocycles. The molecule has 6 atom stereocenters. The Labute approximate surface area is 194 Å². The maximum absolute atomic E-state index is 10.2. The van der Waals surface area contributed by atoms with E-state index in [1.165, 1.54) is 31.3 Å². The Morgan fingerprint density at radius 3 is 2.66 bits per heavy atom. The minimum Gasteiger partial charge on any atom is -0.392 e. The summed E-state index contributed by atoms with van der Waals surface area (Å²) in [5, 5.41) is 39.6. The highest BCUT2D eigenvalue weighted by molar-refractivity contribution is 5.41. The second kappa shape index (κ2) is 10.4. The van der Waals surface area contributed by atoms with Crippen LogP contribution in [0.2, 0.25) is 0 Å². The molecule has 3 rings (SSSR count). The van der Waals surface area contributed by atoms with E-state index in [2.05, 4.69) is 32.1 Å². The van der Waals surface area contributed by atoms with Gasteiger partial charge >= 0.3 is 0 Å². The summed E-state index contributed by atoms with van der Waals surface area (Å²) in [6.45, 7) is 8.56. The molecule has 3 aliphatic carbocycles. The van der Waals surface area contributed by atoms with Gasteiger partial charge in [0, 0.05) is 6.42 Å². The largest absolute Gasteiger partial charge is 0.392 e. The lowest BCUT2D eigenvalue weighted by molar-refractivity contribution is 0.0408. The van der Waals surface area contributed by atoms with Gasteiger partial charge in [-0.3, -0.25) is 0 Å². The Morgan fingerprint density at radius 2 is 1.97 bits per heavy atom. The highest BCUT2D eigenvalue weighted by Gasteiger charge is 2.49. The van der Waals surface area contributed by atoms with Crippen molar-refractivity contribution in [1.82, 2.24) is 0 Å². The first-order valence-electron chi connectivity index (χ1n) is 12.5. The summed E-state index contributed by atoms with van der Waals surface area (Å²) in [6.07, 6.45) is 16.8. The number of hydrogen-bond acceptors (Lipinski definition) is 4. The van der Waals surface area contributed by atoms with Crippen LogP contribution in [0.3, 0.4) is 0 Å². The summed E-state index contributed by atoms with van der Waals surface area (Å²) in [4.78, 5) is 0. The highest BCUT2D eigenvalue weighted by atomic mass is 16.3. The highest BCUT2D eigenvalue weighted by Crippen LogP contribution is 2.58. The van der Waals surface area contributed by atoms with Gasteiger partial charge in [-0.15, -0.1) is 0 Å². The van der Waals surface area contributed by atoms with Gasteiger partial charge in [0.1, 0.15) is 6.10 Å². The smallest absolute Gasteiger partial charge is 0.105 e. The molecule has 4 nitrogen and oxygen atoms in total. The van der Waals surface area contributed by atoms with Gasteiger partial charge in [-0.1, -0.05) is 57.1 Å². The molecule has 0 aliphatic heterocycles.